The summed E-state index contributed by atoms with van der Waals surface area (Å²) in [5.74, 6) is 3.80. The van der Waals surface area contributed by atoms with Crippen LogP contribution in [0, 0.1) is 5.39 Å². The predicted octanol–water partition coefficient (Wildman–Crippen LogP) is 19.8. The molecular formula is C63H82N8P5V+. The van der Waals surface area contributed by atoms with Gasteiger partial charge < -0.3 is 0 Å². The maximum atomic E-state index is 8.39. The summed E-state index contributed by atoms with van der Waals surface area (Å²) in [6.45, 7) is 18.2. The van der Waals surface area contributed by atoms with E-state index in [-0.39, 0.29) is 33.0 Å². The first-order chi connectivity index (χ1) is 36.3. The van der Waals surface area contributed by atoms with E-state index >= 15 is 0 Å². The fourth-order valence-electron chi connectivity index (χ4n) is 9.16. The molecule has 6 aromatic heterocycles. The van der Waals surface area contributed by atoms with Crippen molar-refractivity contribution in [2.75, 3.05) is 0 Å². The minimum atomic E-state index is 0. The summed E-state index contributed by atoms with van der Waals surface area (Å²) in [4.78, 5) is 28.9. The van der Waals surface area contributed by atoms with Crippen molar-refractivity contribution in [2.45, 2.75) is 136 Å². The zero-order valence-corrected chi connectivity index (χ0v) is 52.3. The maximum absolute atomic E-state index is 8.39. The van der Waals surface area contributed by atoms with Gasteiger partial charge in [0.1, 0.15) is 0 Å². The number of rotatable bonds is 18. The van der Waals surface area contributed by atoms with Crippen molar-refractivity contribution < 1.29 is 18.6 Å². The van der Waals surface area contributed by atoms with Crippen molar-refractivity contribution in [1.82, 2.24) is 29.9 Å². The number of benzene rings is 2. The van der Waals surface area contributed by atoms with Crippen molar-refractivity contribution in [3.63, 3.8) is 0 Å². The first-order valence-electron chi connectivity index (χ1n) is 26.0. The molecule has 8 nitrogen and oxygen atoms in total. The Hall–Kier alpha value is -4.51. The van der Waals surface area contributed by atoms with Crippen LogP contribution < -0.4 is 0 Å². The Labute approximate surface area is 484 Å². The third-order valence-corrected chi connectivity index (χ3v) is 25.7. The largest absolute Gasteiger partial charge is 0.385 e. The smallest absolute Gasteiger partial charge is 0.265 e. The van der Waals surface area contributed by atoms with Gasteiger partial charge in [0.25, 0.3) is 0 Å². The van der Waals surface area contributed by atoms with Crippen LogP contribution in [0.4, 0.5) is 5.69 Å². The summed E-state index contributed by atoms with van der Waals surface area (Å²) in [6, 6.07) is 42.1. The number of nitrogens with zero attached hydrogens (tertiary/aromatic N) is 8. The molecule has 0 amide bonds. The van der Waals surface area contributed by atoms with E-state index in [2.05, 4.69) is 202 Å². The molecule has 2 aromatic carbocycles. The summed E-state index contributed by atoms with van der Waals surface area (Å²) in [5.41, 5.74) is 13.5. The second kappa shape index (κ2) is 36.6. The number of pyridine rings is 6. The zero-order chi connectivity index (χ0) is 54.0. The van der Waals surface area contributed by atoms with Crippen LogP contribution in [0.25, 0.3) is 16.2 Å². The Kier molecular flexibility index (Phi) is 31.8. The fraction of sp³-hybridized carbons (Fsp3) is 0.333. The van der Waals surface area contributed by atoms with Crippen LogP contribution in [0.3, 0.4) is 0 Å². The van der Waals surface area contributed by atoms with Gasteiger partial charge in [-0.25, -0.2) is 0 Å². The molecule has 0 aliphatic carbocycles. The topological polar surface area (TPSA) is 105 Å². The van der Waals surface area contributed by atoms with E-state index < -0.39 is 0 Å². The van der Waals surface area contributed by atoms with Gasteiger partial charge in [0.15, 0.2) is 4.98 Å². The Morgan fingerprint density at radius 3 is 1.18 bits per heavy atom. The van der Waals surface area contributed by atoms with E-state index in [1.54, 1.807) is 12.1 Å². The predicted molar refractivity (Wildman–Crippen MR) is 339 cm³/mol. The third kappa shape index (κ3) is 23.4. The molecule has 0 aliphatic rings. The first-order valence-corrected chi connectivity index (χ1v) is 34.3. The summed E-state index contributed by atoms with van der Waals surface area (Å²) >= 11 is 0. The van der Waals surface area contributed by atoms with E-state index in [4.69, 9.17) is 5.39 Å². The van der Waals surface area contributed by atoms with E-state index in [0.717, 1.165) is 39.3 Å². The number of diazo groups is 1. The molecular weight excluding hydrogens is 1070 g/mol. The van der Waals surface area contributed by atoms with Gasteiger partial charge in [-0.3, -0.25) is 29.9 Å². The molecule has 14 heteroatoms. The van der Waals surface area contributed by atoms with Crippen LogP contribution in [0.5, 0.6) is 0 Å². The molecule has 6 heterocycles. The number of aromatic nitrogens is 6. The van der Waals surface area contributed by atoms with Crippen molar-refractivity contribution >= 4 is 47.4 Å². The average Bonchev–Trinajstić information content (AvgIpc) is 3.46. The van der Waals surface area contributed by atoms with Crippen molar-refractivity contribution in [3.8, 4) is 11.3 Å². The molecule has 0 saturated carbocycles. The Morgan fingerprint density at radius 2 is 0.818 bits per heavy atom. The minimum Gasteiger partial charge on any atom is -0.265 e. The van der Waals surface area contributed by atoms with E-state index in [1.807, 2.05) is 92.4 Å². The Morgan fingerprint density at radius 1 is 0.455 bits per heavy atom. The standard InChI is InChI=1S/C31H35N3.C22H25N3.C9H11N2.CH4.H7P5.V/c1-22(2)25-7-9-27(10-8-25)31-20-28(13-17-34-31)23(3)18-30(26-11-15-32-16-12-26)19-24(4)29-6-5-14-33-21-29;1-17(19-5-10-23-11-6-19)14-22(20-7-12-24-13-8-20)15-18(2)21-4-3-9-25-16-21;1-7(2)8-3-5-9(11-10)6-4-8;;1-4-5(2)3;/h5-17,20-24,30H,18-19H2,1-4H3;3-13,16-18,22H,14-15H2,1-2H3;3-7H,1-2H3;1H4;4H,1-3H2;/q;;+1;;;. The van der Waals surface area contributed by atoms with Crippen molar-refractivity contribution in [1.29, 1.82) is 5.39 Å². The number of hydrogen-bond donors (Lipinski definition) is 0. The minimum absolute atomic E-state index is 0. The van der Waals surface area contributed by atoms with Crippen LogP contribution in [0.1, 0.15) is 180 Å². The molecule has 0 aliphatic heterocycles. The quantitative estimate of drug-likeness (QED) is 0.0622. The summed E-state index contributed by atoms with van der Waals surface area (Å²) < 4.78 is 0. The van der Waals surface area contributed by atoms with Gasteiger partial charge in [-0.05, 0) is 185 Å². The molecule has 0 fully saturated rings. The second-order valence-corrected chi connectivity index (χ2v) is 33.9. The van der Waals surface area contributed by atoms with Gasteiger partial charge >= 0.3 is 5.69 Å². The molecule has 0 N–H and O–H groups in total. The fourth-order valence-corrected chi connectivity index (χ4v) is 9.16. The third-order valence-electron chi connectivity index (χ3n) is 13.7. The monoisotopic (exact) mass is 1160 g/mol. The molecule has 0 bridgehead atoms. The summed E-state index contributed by atoms with van der Waals surface area (Å²) in [5, 5.41) is 8.39. The molecule has 77 heavy (non-hydrogen) atoms. The van der Waals surface area contributed by atoms with Gasteiger partial charge in [-0.15, -0.1) is 26.8 Å². The molecule has 403 valence electrons. The van der Waals surface area contributed by atoms with Crippen LogP contribution in [-0.4, -0.2) is 29.9 Å². The normalized spacial score (nSPS) is 13.1. The Balaban J connectivity index is 0.000000316. The van der Waals surface area contributed by atoms with E-state index in [1.165, 1.54) is 50.1 Å². The molecule has 0 spiro atoms. The van der Waals surface area contributed by atoms with E-state index in [0.29, 0.717) is 53.0 Å². The van der Waals surface area contributed by atoms with Crippen molar-refractivity contribution in [3.05, 3.63) is 239 Å². The van der Waals surface area contributed by atoms with Crippen LogP contribution >= 0.6 is 41.7 Å². The van der Waals surface area contributed by atoms with E-state index in [9.17, 15) is 0 Å². The van der Waals surface area contributed by atoms with Gasteiger partial charge in [-0.2, -0.15) is 0 Å². The van der Waals surface area contributed by atoms with Gasteiger partial charge in [0.2, 0.25) is 5.39 Å². The molecule has 8 rings (SSSR count). The zero-order valence-electron chi connectivity index (χ0n) is 45.5. The SMILES string of the molecule is C.CC(C)c1ccc(-c2cc(C(C)CC(CC(C)c3cccnc3)c3ccncc3)ccn2)cc1.CC(C)c1ccc([N+]#N)cc1.CC(CC(CC(C)c1cccnc1)c1ccncc1)c1ccncc1.PPP(P)P.[V]. The molecule has 10 atom stereocenters. The Bertz CT molecular complexity index is 2780. The average molecular weight is 1160 g/mol. The van der Waals surface area contributed by atoms with Crippen LogP contribution in [0.15, 0.2) is 189 Å². The van der Waals surface area contributed by atoms with Gasteiger partial charge in [-0.1, -0.05) is 119 Å². The summed E-state index contributed by atoms with van der Waals surface area (Å²) in [7, 11) is 9.24. The maximum Gasteiger partial charge on any atom is 0.385 e. The van der Waals surface area contributed by atoms with Gasteiger partial charge in [0, 0.05) is 104 Å². The molecule has 0 saturated heterocycles. The summed E-state index contributed by atoms with van der Waals surface area (Å²) in [6.07, 6.45) is 25.4. The first kappa shape index (κ1) is 66.8. The van der Waals surface area contributed by atoms with Crippen molar-refractivity contribution in [2.24, 2.45) is 0 Å². The van der Waals surface area contributed by atoms with Crippen LogP contribution in [0.2, 0.25) is 0 Å². The molecule has 8 aromatic rings. The van der Waals surface area contributed by atoms with Gasteiger partial charge in [0.05, 0.1) is 5.69 Å². The molecule has 10 unspecified atom stereocenters. The molecule has 1 radical (unpaired) electrons. The second-order valence-electron chi connectivity index (χ2n) is 20.0. The number of hydrogen-bond acceptors (Lipinski definition) is 7. The van der Waals surface area contributed by atoms with Crippen LogP contribution in [-0.2, 0) is 18.6 Å².